The SMILES string of the molecule is COC[C@@H](O)C[C@@H]1[C@@H](C)C/C=C\[C@H](O)[C@@H]2CC[C@H]2CN2C[C@@]3(CCCc4cc(Cl)ccc43)COc3ccc(cc32)C(=O)NS1(=O)=O. The molecule has 0 unspecified atom stereocenters. The van der Waals surface area contributed by atoms with Crippen LogP contribution in [0.15, 0.2) is 48.6 Å². The zero-order valence-electron chi connectivity index (χ0n) is 26.5. The van der Waals surface area contributed by atoms with Gasteiger partial charge in [0.05, 0.1) is 36.4 Å². The third-order valence-electron chi connectivity index (χ3n) is 10.6. The molecule has 0 aromatic heterocycles. The molecule has 2 aromatic carbocycles. The fourth-order valence-electron chi connectivity index (χ4n) is 7.99. The van der Waals surface area contributed by atoms with Gasteiger partial charge in [0.25, 0.3) is 5.91 Å². The Labute approximate surface area is 277 Å². The Morgan fingerprint density at radius 3 is 2.80 bits per heavy atom. The predicted octanol–water partition coefficient (Wildman–Crippen LogP) is 4.62. The number of nitrogens with one attached hydrogen (secondary N) is 1. The van der Waals surface area contributed by atoms with E-state index in [0.717, 1.165) is 37.8 Å². The number of allylic oxidation sites excluding steroid dienone is 1. The van der Waals surface area contributed by atoms with Gasteiger partial charge < -0.3 is 24.6 Å². The first-order chi connectivity index (χ1) is 22.0. The number of aryl methyl sites for hydroxylation is 1. The van der Waals surface area contributed by atoms with Crippen molar-refractivity contribution in [2.45, 2.75) is 74.7 Å². The van der Waals surface area contributed by atoms with E-state index >= 15 is 0 Å². The van der Waals surface area contributed by atoms with Crippen LogP contribution in [-0.4, -0.2) is 75.4 Å². The summed E-state index contributed by atoms with van der Waals surface area (Å²) in [5.74, 6) is -0.224. The molecule has 1 amide bonds. The molecular weight excluding hydrogens is 628 g/mol. The number of carbonyl (C=O) groups excluding carboxylic acids is 1. The fraction of sp³-hybridized carbons (Fsp3) is 0.571. The maximum Gasteiger partial charge on any atom is 0.264 e. The van der Waals surface area contributed by atoms with Crippen molar-refractivity contribution in [1.82, 2.24) is 4.72 Å². The van der Waals surface area contributed by atoms with Gasteiger partial charge in [-0.25, -0.2) is 13.1 Å². The fourth-order valence-corrected chi connectivity index (χ4v) is 9.91. The summed E-state index contributed by atoms with van der Waals surface area (Å²) in [5.41, 5.74) is 3.12. The molecule has 9 nitrogen and oxygen atoms in total. The first-order valence-corrected chi connectivity index (χ1v) is 18.3. The lowest BCUT2D eigenvalue weighted by atomic mass is 9.68. The molecule has 3 N–H and O–H groups in total. The van der Waals surface area contributed by atoms with Crippen molar-refractivity contribution in [3.05, 3.63) is 70.3 Å². The van der Waals surface area contributed by atoms with Gasteiger partial charge in [0, 0.05) is 36.2 Å². The van der Waals surface area contributed by atoms with E-state index in [4.69, 9.17) is 21.1 Å². The molecule has 250 valence electrons. The smallest absolute Gasteiger partial charge is 0.264 e. The second-order valence-corrected chi connectivity index (χ2v) is 16.1. The minimum absolute atomic E-state index is 0.0238. The average Bonchev–Trinajstić information content (AvgIpc) is 3.14. The van der Waals surface area contributed by atoms with E-state index in [2.05, 4.69) is 21.8 Å². The number of fused-ring (bicyclic) bond motifs is 4. The zero-order valence-corrected chi connectivity index (χ0v) is 28.1. The minimum atomic E-state index is -4.20. The molecule has 0 radical (unpaired) electrons. The van der Waals surface area contributed by atoms with E-state index in [1.165, 1.54) is 18.2 Å². The standard InChI is InChI=1S/C35H45ClN2O7S/c1-22-5-3-7-31(40)28-11-8-25(28)18-38-20-35(14-4-6-23-15-26(36)10-12-29(23)35)21-45-32-13-9-24(16-30(32)38)34(41)37-46(42,43)33(22)17-27(39)19-44-2/h3,7,9-10,12-13,15-16,22,25,27-28,31,33,39-40H,4-6,8,11,14,17-21H2,1-2H3,(H,37,41)/b7-3-/t22-,25-,27-,28+,31-,33+,35-/m0/s1. The van der Waals surface area contributed by atoms with Crippen molar-refractivity contribution < 1.29 is 32.9 Å². The van der Waals surface area contributed by atoms with Gasteiger partial charge in [0.1, 0.15) is 5.75 Å². The summed E-state index contributed by atoms with van der Waals surface area (Å²) in [5, 5.41) is 21.4. The van der Waals surface area contributed by atoms with Crippen molar-refractivity contribution >= 4 is 33.2 Å². The molecule has 4 aliphatic rings. The summed E-state index contributed by atoms with van der Waals surface area (Å²) in [6.45, 7) is 3.56. The number of aliphatic hydroxyl groups is 2. The van der Waals surface area contributed by atoms with Crippen LogP contribution < -0.4 is 14.4 Å². The number of halogens is 1. The number of nitrogens with zero attached hydrogens (tertiary/aromatic N) is 1. The normalized spacial score (nSPS) is 32.2. The molecular formula is C35H45ClN2O7S. The number of ether oxygens (including phenoxy) is 2. The second-order valence-electron chi connectivity index (χ2n) is 13.8. The summed E-state index contributed by atoms with van der Waals surface area (Å²) in [6, 6.07) is 11.2. The Morgan fingerprint density at radius 1 is 1.22 bits per heavy atom. The topological polar surface area (TPSA) is 125 Å². The molecule has 1 saturated carbocycles. The van der Waals surface area contributed by atoms with Gasteiger partial charge in [-0.2, -0.15) is 0 Å². The largest absolute Gasteiger partial charge is 0.490 e. The molecule has 46 heavy (non-hydrogen) atoms. The highest BCUT2D eigenvalue weighted by molar-refractivity contribution is 7.90. The summed E-state index contributed by atoms with van der Waals surface area (Å²) in [6.07, 6.45) is 6.98. The second kappa shape index (κ2) is 13.5. The van der Waals surface area contributed by atoms with Crippen LogP contribution in [0.2, 0.25) is 5.02 Å². The van der Waals surface area contributed by atoms with E-state index in [1.807, 2.05) is 12.1 Å². The van der Waals surface area contributed by atoms with E-state index in [-0.39, 0.29) is 35.8 Å². The van der Waals surface area contributed by atoms with Gasteiger partial charge in [-0.15, -0.1) is 0 Å². The molecule has 2 aromatic rings. The Balaban J connectivity index is 1.40. The molecule has 2 aliphatic carbocycles. The van der Waals surface area contributed by atoms with Crippen molar-refractivity contribution in [3.63, 3.8) is 0 Å². The zero-order chi connectivity index (χ0) is 32.6. The van der Waals surface area contributed by atoms with Gasteiger partial charge >= 0.3 is 0 Å². The summed E-state index contributed by atoms with van der Waals surface area (Å²) >= 11 is 6.40. The maximum absolute atomic E-state index is 13.7. The molecule has 2 aliphatic heterocycles. The summed E-state index contributed by atoms with van der Waals surface area (Å²) < 4.78 is 41.3. The van der Waals surface area contributed by atoms with Crippen LogP contribution in [0.1, 0.15) is 66.9 Å². The number of sulfonamides is 1. The summed E-state index contributed by atoms with van der Waals surface area (Å²) in [4.78, 5) is 15.9. The van der Waals surface area contributed by atoms with Gasteiger partial charge in [0.2, 0.25) is 10.0 Å². The van der Waals surface area contributed by atoms with Crippen LogP contribution in [0.4, 0.5) is 5.69 Å². The molecule has 1 spiro atoms. The van der Waals surface area contributed by atoms with E-state index in [0.29, 0.717) is 36.9 Å². The van der Waals surface area contributed by atoms with Crippen LogP contribution in [0.3, 0.4) is 0 Å². The monoisotopic (exact) mass is 672 g/mol. The van der Waals surface area contributed by atoms with Crippen molar-refractivity contribution in [2.24, 2.45) is 17.8 Å². The van der Waals surface area contributed by atoms with Crippen LogP contribution in [0.5, 0.6) is 5.75 Å². The van der Waals surface area contributed by atoms with Gasteiger partial charge in [-0.05, 0) is 104 Å². The number of rotatable bonds is 4. The Hall–Kier alpha value is -2.63. The first kappa shape index (κ1) is 33.3. The number of methoxy groups -OCH3 is 1. The van der Waals surface area contributed by atoms with E-state index in [1.54, 1.807) is 31.2 Å². The number of benzene rings is 2. The van der Waals surface area contributed by atoms with Gasteiger partial charge in [-0.1, -0.05) is 36.7 Å². The van der Waals surface area contributed by atoms with Crippen molar-refractivity contribution in [1.29, 1.82) is 0 Å². The first-order valence-electron chi connectivity index (χ1n) is 16.4. The van der Waals surface area contributed by atoms with Crippen LogP contribution in [0, 0.1) is 17.8 Å². The Bertz CT molecular complexity index is 1580. The van der Waals surface area contributed by atoms with Gasteiger partial charge in [-0.3, -0.25) is 4.79 Å². The van der Waals surface area contributed by atoms with E-state index < -0.39 is 39.3 Å². The third kappa shape index (κ3) is 6.69. The number of aliphatic hydroxyl groups excluding tert-OH is 2. The molecule has 2 heterocycles. The quantitative estimate of drug-likeness (QED) is 0.402. The molecule has 0 saturated heterocycles. The lowest BCUT2D eigenvalue weighted by Gasteiger charge is -2.45. The molecule has 1 fully saturated rings. The summed E-state index contributed by atoms with van der Waals surface area (Å²) in [7, 11) is -2.76. The number of anilines is 1. The molecule has 7 atom stereocenters. The number of amides is 1. The predicted molar refractivity (Wildman–Crippen MR) is 178 cm³/mol. The lowest BCUT2D eigenvalue weighted by molar-refractivity contribution is 0.0455. The average molecular weight is 673 g/mol. The van der Waals surface area contributed by atoms with Gasteiger partial charge in [0.15, 0.2) is 0 Å². The third-order valence-corrected chi connectivity index (χ3v) is 12.8. The lowest BCUT2D eigenvalue weighted by Crippen LogP contribution is -2.49. The number of carbonyl (C=O) groups is 1. The maximum atomic E-state index is 13.7. The molecule has 6 rings (SSSR count). The van der Waals surface area contributed by atoms with Crippen LogP contribution in [-0.2, 0) is 26.6 Å². The van der Waals surface area contributed by atoms with Crippen LogP contribution >= 0.6 is 11.6 Å². The Kier molecular flexibility index (Phi) is 9.75. The molecule has 2 bridgehead atoms. The number of hydrogen-bond donors (Lipinski definition) is 3. The minimum Gasteiger partial charge on any atom is -0.490 e. The molecule has 11 heteroatoms. The van der Waals surface area contributed by atoms with Crippen molar-refractivity contribution in [2.75, 3.05) is 38.3 Å². The van der Waals surface area contributed by atoms with Crippen molar-refractivity contribution in [3.8, 4) is 5.75 Å². The van der Waals surface area contributed by atoms with E-state index in [9.17, 15) is 23.4 Å². The highest BCUT2D eigenvalue weighted by Gasteiger charge is 2.44. The highest BCUT2D eigenvalue weighted by atomic mass is 35.5. The Morgan fingerprint density at radius 2 is 2.04 bits per heavy atom. The number of hydrogen-bond acceptors (Lipinski definition) is 8. The highest BCUT2D eigenvalue weighted by Crippen LogP contribution is 2.46. The van der Waals surface area contributed by atoms with Crippen LogP contribution in [0.25, 0.3) is 0 Å².